The molecule has 1 saturated carbocycles. The van der Waals surface area contributed by atoms with Gasteiger partial charge in [0.1, 0.15) is 10.6 Å². The molecule has 6 nitrogen and oxygen atoms in total. The molecule has 0 radical (unpaired) electrons. The summed E-state index contributed by atoms with van der Waals surface area (Å²) in [6, 6.07) is 3.85. The van der Waals surface area contributed by atoms with Crippen molar-refractivity contribution < 1.29 is 43.5 Å². The smallest absolute Gasteiger partial charge is 0.416 e. The van der Waals surface area contributed by atoms with E-state index in [1.54, 1.807) is 0 Å². The summed E-state index contributed by atoms with van der Waals surface area (Å²) in [4.78, 5) is -0.471. The van der Waals surface area contributed by atoms with Gasteiger partial charge in [0.25, 0.3) is 0 Å². The number of nitrogens with one attached hydrogen (secondary N) is 1. The van der Waals surface area contributed by atoms with Crippen molar-refractivity contribution in [2.75, 3.05) is 12.4 Å². The Morgan fingerprint density at radius 1 is 1.00 bits per heavy atom. The third-order valence-electron chi connectivity index (χ3n) is 7.37. The molecule has 13 heteroatoms. The molecule has 0 bridgehead atoms. The number of hydrogen-bond donors (Lipinski definition) is 1. The fourth-order valence-electron chi connectivity index (χ4n) is 5.84. The largest absolute Gasteiger partial charge is 0.490 e. The van der Waals surface area contributed by atoms with Gasteiger partial charge < -0.3 is 4.74 Å². The van der Waals surface area contributed by atoms with Crippen molar-refractivity contribution in [3.63, 3.8) is 0 Å². The Bertz CT molecular complexity index is 1390. The number of benzene rings is 2. The number of hydrogen-bond acceptors (Lipinski definition) is 5. The van der Waals surface area contributed by atoms with Crippen LogP contribution in [0.1, 0.15) is 37.8 Å². The van der Waals surface area contributed by atoms with Gasteiger partial charge in [-0.25, -0.2) is 30.3 Å². The summed E-state index contributed by atoms with van der Waals surface area (Å²) in [6.45, 7) is -0.323. The van der Waals surface area contributed by atoms with Crippen molar-refractivity contribution >= 4 is 19.9 Å². The maximum absolute atomic E-state index is 15.3. The predicted molar refractivity (Wildman–Crippen MR) is 120 cm³/mol. The molecule has 2 aliphatic heterocycles. The van der Waals surface area contributed by atoms with Gasteiger partial charge in [-0.1, -0.05) is 7.43 Å². The molecule has 0 spiro atoms. The van der Waals surface area contributed by atoms with E-state index in [9.17, 15) is 34.4 Å². The Labute approximate surface area is 205 Å². The molecule has 2 fully saturated rings. The Morgan fingerprint density at radius 2 is 1.64 bits per heavy atom. The lowest BCUT2D eigenvalue weighted by Gasteiger charge is -2.54. The first-order valence-electron chi connectivity index (χ1n) is 10.8. The van der Waals surface area contributed by atoms with E-state index in [1.165, 1.54) is 0 Å². The van der Waals surface area contributed by atoms with Crippen molar-refractivity contribution in [2.45, 2.75) is 48.5 Å². The van der Waals surface area contributed by atoms with Gasteiger partial charge in [0, 0.05) is 12.0 Å². The summed E-state index contributed by atoms with van der Waals surface area (Å²) in [6.07, 6.45) is -4.89. The van der Waals surface area contributed by atoms with Crippen LogP contribution in [0.2, 0.25) is 0 Å². The van der Waals surface area contributed by atoms with Gasteiger partial charge in [0.15, 0.2) is 21.4 Å². The zero-order chi connectivity index (χ0) is 25.4. The maximum atomic E-state index is 15.3. The van der Waals surface area contributed by atoms with Crippen LogP contribution in [0.15, 0.2) is 41.3 Å². The molecular weight excluding hydrogens is 529 g/mol. The predicted octanol–water partition coefficient (Wildman–Crippen LogP) is 4.40. The average molecular weight is 554 g/mol. The van der Waals surface area contributed by atoms with E-state index in [0.717, 1.165) is 24.3 Å². The number of sulfone groups is 1. The van der Waals surface area contributed by atoms with Gasteiger partial charge in [0.05, 0.1) is 28.4 Å². The number of ether oxygens (including phenoxy) is 1. The lowest BCUT2D eigenvalue weighted by Crippen LogP contribution is -2.62. The zero-order valence-electron chi connectivity index (χ0n) is 18.0. The minimum Gasteiger partial charge on any atom is -0.490 e. The highest BCUT2D eigenvalue weighted by Crippen LogP contribution is 2.59. The number of alkyl halides is 3. The van der Waals surface area contributed by atoms with Crippen molar-refractivity contribution in [3.05, 3.63) is 59.2 Å². The minimum absolute atomic E-state index is 0. The minimum atomic E-state index is -4.69. The SMILES string of the molecule is C.O=S1(=O)CC[C@@H]2[C@H](CC[C@@]3(S(=O)(=O)c4ccc(C(F)(F)F)cc4)c4c(F)ccc(F)c4OC[C@@H]23)N1. The topological polar surface area (TPSA) is 89.5 Å². The first-order valence-corrected chi connectivity index (χ1v) is 13.9. The summed E-state index contributed by atoms with van der Waals surface area (Å²) in [7, 11) is -8.18. The molecule has 0 amide bonds. The van der Waals surface area contributed by atoms with Crippen molar-refractivity contribution in [1.29, 1.82) is 0 Å². The van der Waals surface area contributed by atoms with Crippen LogP contribution in [-0.2, 0) is 30.8 Å². The van der Waals surface area contributed by atoms with E-state index in [4.69, 9.17) is 4.74 Å². The summed E-state index contributed by atoms with van der Waals surface area (Å²) >= 11 is 0. The first-order chi connectivity index (χ1) is 16.3. The van der Waals surface area contributed by atoms with E-state index < -0.39 is 82.1 Å². The van der Waals surface area contributed by atoms with Gasteiger partial charge >= 0.3 is 6.18 Å². The van der Waals surface area contributed by atoms with E-state index >= 15 is 4.39 Å². The number of sulfonamides is 1. The standard InChI is InChI=1S/C22H20F5NO5S2.CH4/c23-16-5-6-17(24)20-19(16)21(35(31,32)13-3-1-12(2-4-13)22(25,26)27)9-7-18-14(15(21)11-33-20)8-10-34(29,30)28-18;/h1-6,14-15,18,28H,7-11H2;1H4/t14-,15-,18-,21-;/m0./s1. The van der Waals surface area contributed by atoms with E-state index in [0.29, 0.717) is 12.1 Å². The molecule has 0 aromatic heterocycles. The molecule has 1 saturated heterocycles. The van der Waals surface area contributed by atoms with E-state index in [1.807, 2.05) is 0 Å². The van der Waals surface area contributed by atoms with E-state index in [-0.39, 0.29) is 39.0 Å². The lowest BCUT2D eigenvalue weighted by atomic mass is 9.64. The summed E-state index contributed by atoms with van der Waals surface area (Å²) in [5.74, 6) is -4.36. The third kappa shape index (κ3) is 3.90. The summed E-state index contributed by atoms with van der Waals surface area (Å²) in [5, 5.41) is 0. The van der Waals surface area contributed by atoms with Crippen LogP contribution >= 0.6 is 0 Å². The van der Waals surface area contributed by atoms with Crippen molar-refractivity contribution in [1.82, 2.24) is 4.72 Å². The normalized spacial score (nSPS) is 29.1. The molecule has 4 atom stereocenters. The molecule has 2 aromatic rings. The number of halogens is 5. The molecule has 2 aromatic carbocycles. The lowest BCUT2D eigenvalue weighted by molar-refractivity contribution is -0.137. The van der Waals surface area contributed by atoms with Crippen molar-refractivity contribution in [3.8, 4) is 5.75 Å². The second-order valence-corrected chi connectivity index (χ2v) is 13.2. The Kier molecular flexibility index (Phi) is 6.45. The molecule has 0 unspecified atom stereocenters. The van der Waals surface area contributed by atoms with Crippen molar-refractivity contribution in [2.24, 2.45) is 11.8 Å². The summed E-state index contributed by atoms with van der Waals surface area (Å²) < 4.78 is 128. The highest BCUT2D eigenvalue weighted by molar-refractivity contribution is 7.92. The van der Waals surface area contributed by atoms with E-state index in [2.05, 4.69) is 4.72 Å². The first kappa shape index (κ1) is 26.8. The fourth-order valence-corrected chi connectivity index (χ4v) is 9.69. The molecule has 2 heterocycles. The third-order valence-corrected chi connectivity index (χ3v) is 11.4. The van der Waals surface area contributed by atoms with Crippen LogP contribution in [0.4, 0.5) is 22.0 Å². The second kappa shape index (κ2) is 8.66. The molecule has 1 N–H and O–H groups in total. The monoisotopic (exact) mass is 553 g/mol. The number of fused-ring (bicyclic) bond motifs is 5. The van der Waals surface area contributed by atoms with Crippen LogP contribution in [0.25, 0.3) is 0 Å². The molecule has 198 valence electrons. The van der Waals surface area contributed by atoms with Gasteiger partial charge in [-0.2, -0.15) is 13.2 Å². The fraction of sp³-hybridized carbons (Fsp3) is 0.478. The van der Waals surface area contributed by atoms with Gasteiger partial charge in [0.2, 0.25) is 10.0 Å². The number of rotatable bonds is 2. The zero-order valence-corrected chi connectivity index (χ0v) is 19.6. The molecule has 3 aliphatic rings. The van der Waals surface area contributed by atoms with Crippen LogP contribution in [0.5, 0.6) is 5.75 Å². The summed E-state index contributed by atoms with van der Waals surface area (Å²) in [5.41, 5.74) is -1.55. The van der Waals surface area contributed by atoms with Gasteiger partial charge in [-0.3, -0.25) is 0 Å². The van der Waals surface area contributed by atoms with Gasteiger partial charge in [-0.15, -0.1) is 0 Å². The molecule has 5 rings (SSSR count). The quantitative estimate of drug-likeness (QED) is 0.557. The molecular formula is C23H24F5NO5S2. The van der Waals surface area contributed by atoms with Crippen LogP contribution < -0.4 is 9.46 Å². The van der Waals surface area contributed by atoms with Crippen LogP contribution in [0, 0.1) is 23.5 Å². The Hall–Kier alpha value is -2.25. The van der Waals surface area contributed by atoms with Crippen LogP contribution in [-0.4, -0.2) is 35.2 Å². The maximum Gasteiger partial charge on any atom is 0.416 e. The van der Waals surface area contributed by atoms with Crippen LogP contribution in [0.3, 0.4) is 0 Å². The average Bonchev–Trinajstić information content (AvgIpc) is 2.79. The van der Waals surface area contributed by atoms with Gasteiger partial charge in [-0.05, 0) is 61.6 Å². The second-order valence-electron chi connectivity index (χ2n) is 9.10. The Balaban J connectivity index is 0.00000304. The highest BCUT2D eigenvalue weighted by atomic mass is 32.2. The molecule has 1 aliphatic carbocycles. The highest BCUT2D eigenvalue weighted by Gasteiger charge is 2.63. The molecule has 36 heavy (non-hydrogen) atoms. The Morgan fingerprint density at radius 3 is 2.28 bits per heavy atom.